The molecule has 1 aromatic rings. The molecule has 0 radical (unpaired) electrons. The average Bonchev–Trinajstić information content (AvgIpc) is 2.13. The van der Waals surface area contributed by atoms with E-state index in [9.17, 15) is 9.18 Å². The van der Waals surface area contributed by atoms with E-state index in [1.54, 1.807) is 0 Å². The van der Waals surface area contributed by atoms with Crippen LogP contribution in [0.15, 0.2) is 18.2 Å². The van der Waals surface area contributed by atoms with Crippen LogP contribution in [-0.4, -0.2) is 18.0 Å². The zero-order valence-electron chi connectivity index (χ0n) is 9.18. The van der Waals surface area contributed by atoms with E-state index in [0.717, 1.165) is 0 Å². The first-order valence-corrected chi connectivity index (χ1v) is 5.89. The predicted molar refractivity (Wildman–Crippen MR) is 69.7 cm³/mol. The number of benzene rings is 1. The summed E-state index contributed by atoms with van der Waals surface area (Å²) in [7, 11) is 0. The molecule has 0 bridgehead atoms. The molecule has 0 saturated heterocycles. The maximum atomic E-state index is 12.8. The smallest absolute Gasteiger partial charge is 0.252 e. The van der Waals surface area contributed by atoms with Crippen LogP contribution in [0.3, 0.4) is 0 Å². The zero-order chi connectivity index (χ0) is 12.3. The van der Waals surface area contributed by atoms with E-state index in [2.05, 4.69) is 5.32 Å². The number of rotatable bonds is 3. The lowest BCUT2D eigenvalue weighted by Gasteiger charge is -2.19. The maximum absolute atomic E-state index is 12.8. The Labute approximate surface area is 108 Å². The Morgan fingerprint density at radius 3 is 2.69 bits per heavy atom. The van der Waals surface area contributed by atoms with Gasteiger partial charge in [-0.25, -0.2) is 4.39 Å². The third-order valence-electron chi connectivity index (χ3n) is 1.88. The fraction of sp³-hybridized carbons (Fsp3) is 0.364. The van der Waals surface area contributed by atoms with Gasteiger partial charge in [-0.2, -0.15) is 0 Å². The van der Waals surface area contributed by atoms with Gasteiger partial charge in [0.2, 0.25) is 0 Å². The molecular weight excluding hydrogens is 322 g/mol. The van der Waals surface area contributed by atoms with Gasteiger partial charge >= 0.3 is 0 Å². The van der Waals surface area contributed by atoms with Gasteiger partial charge in [0.05, 0.1) is 5.56 Å². The highest BCUT2D eigenvalue weighted by Crippen LogP contribution is 2.13. The van der Waals surface area contributed by atoms with Crippen LogP contribution >= 0.6 is 22.6 Å². The Bertz CT molecular complexity index is 401. The first-order chi connectivity index (χ1) is 7.29. The van der Waals surface area contributed by atoms with Gasteiger partial charge in [0, 0.05) is 15.7 Å². The van der Waals surface area contributed by atoms with Gasteiger partial charge in [-0.05, 0) is 54.6 Å². The summed E-state index contributed by atoms with van der Waals surface area (Å²) >= 11 is 1.93. The van der Waals surface area contributed by atoms with E-state index in [1.807, 2.05) is 36.4 Å². The quantitative estimate of drug-likeness (QED) is 0.829. The summed E-state index contributed by atoms with van der Waals surface area (Å²) in [5.41, 5.74) is 5.75. The molecule has 0 unspecified atom stereocenters. The molecule has 0 aliphatic heterocycles. The third kappa shape index (κ3) is 4.05. The number of nitrogens with two attached hydrogens (primary N) is 1. The van der Waals surface area contributed by atoms with Gasteiger partial charge < -0.3 is 11.1 Å². The molecule has 0 atom stereocenters. The van der Waals surface area contributed by atoms with E-state index in [1.165, 1.54) is 18.2 Å². The molecule has 0 spiro atoms. The van der Waals surface area contributed by atoms with Crippen LogP contribution in [0.2, 0.25) is 0 Å². The van der Waals surface area contributed by atoms with E-state index in [-0.39, 0.29) is 11.7 Å². The van der Waals surface area contributed by atoms with Crippen molar-refractivity contribution in [2.24, 2.45) is 5.73 Å². The SMILES string of the molecule is CC(C)(N)CNC(=O)c1ccc(F)cc1I. The minimum absolute atomic E-state index is 0.233. The standard InChI is InChI=1S/C11H14FIN2O/c1-11(2,14)6-15-10(16)8-4-3-7(12)5-9(8)13/h3-5H,6,14H2,1-2H3,(H,15,16). The van der Waals surface area contributed by atoms with E-state index in [0.29, 0.717) is 15.7 Å². The van der Waals surface area contributed by atoms with Gasteiger partial charge in [0.15, 0.2) is 0 Å². The lowest BCUT2D eigenvalue weighted by Crippen LogP contribution is -2.45. The summed E-state index contributed by atoms with van der Waals surface area (Å²) < 4.78 is 13.4. The number of halogens is 2. The fourth-order valence-electron chi connectivity index (χ4n) is 1.08. The monoisotopic (exact) mass is 336 g/mol. The second-order valence-corrected chi connectivity index (χ2v) is 5.46. The second kappa shape index (κ2) is 5.09. The number of hydrogen-bond donors (Lipinski definition) is 2. The van der Waals surface area contributed by atoms with Gasteiger partial charge in [0.1, 0.15) is 5.82 Å². The van der Waals surface area contributed by atoms with Gasteiger partial charge in [0.25, 0.3) is 5.91 Å². The summed E-state index contributed by atoms with van der Waals surface area (Å²) in [6.07, 6.45) is 0. The lowest BCUT2D eigenvalue weighted by atomic mass is 10.1. The van der Waals surface area contributed by atoms with Gasteiger partial charge in [-0.3, -0.25) is 4.79 Å². The summed E-state index contributed by atoms with van der Waals surface area (Å²) in [4.78, 5) is 11.7. The van der Waals surface area contributed by atoms with Crippen LogP contribution in [0.4, 0.5) is 4.39 Å². The lowest BCUT2D eigenvalue weighted by molar-refractivity contribution is 0.0945. The summed E-state index contributed by atoms with van der Waals surface area (Å²) in [5, 5.41) is 2.71. The number of hydrogen-bond acceptors (Lipinski definition) is 2. The molecule has 0 aliphatic rings. The van der Waals surface area contributed by atoms with E-state index >= 15 is 0 Å². The van der Waals surface area contributed by atoms with Crippen LogP contribution in [0.1, 0.15) is 24.2 Å². The minimum atomic E-state index is -0.457. The van der Waals surface area contributed by atoms with Crippen molar-refractivity contribution in [2.75, 3.05) is 6.54 Å². The van der Waals surface area contributed by atoms with Crippen molar-refractivity contribution < 1.29 is 9.18 Å². The average molecular weight is 336 g/mol. The number of carbonyl (C=O) groups is 1. The largest absolute Gasteiger partial charge is 0.350 e. The van der Waals surface area contributed by atoms with Crippen molar-refractivity contribution in [3.05, 3.63) is 33.1 Å². The number of amides is 1. The highest BCUT2D eigenvalue weighted by molar-refractivity contribution is 14.1. The maximum Gasteiger partial charge on any atom is 0.252 e. The van der Waals surface area contributed by atoms with Crippen molar-refractivity contribution in [1.29, 1.82) is 0 Å². The summed E-state index contributed by atoms with van der Waals surface area (Å²) in [6, 6.07) is 4.06. The van der Waals surface area contributed by atoms with Crippen LogP contribution in [-0.2, 0) is 0 Å². The molecular formula is C11H14FIN2O. The molecule has 1 rings (SSSR count). The summed E-state index contributed by atoms with van der Waals surface area (Å²) in [6.45, 7) is 4.02. The van der Waals surface area contributed by atoms with Crippen LogP contribution in [0, 0.1) is 9.39 Å². The fourth-order valence-corrected chi connectivity index (χ4v) is 1.80. The first kappa shape index (κ1) is 13.4. The highest BCUT2D eigenvalue weighted by atomic mass is 127. The van der Waals surface area contributed by atoms with Crippen molar-refractivity contribution >= 4 is 28.5 Å². The molecule has 16 heavy (non-hydrogen) atoms. The Hall–Kier alpha value is -0.690. The molecule has 5 heteroatoms. The predicted octanol–water partition coefficient (Wildman–Crippen LogP) is 1.90. The molecule has 0 saturated carbocycles. The number of carbonyl (C=O) groups excluding carboxylic acids is 1. The van der Waals surface area contributed by atoms with E-state index < -0.39 is 5.54 Å². The molecule has 1 aromatic carbocycles. The molecule has 0 aromatic heterocycles. The topological polar surface area (TPSA) is 55.1 Å². The normalized spacial score (nSPS) is 11.3. The molecule has 3 N–H and O–H groups in total. The Balaban J connectivity index is 2.74. The zero-order valence-corrected chi connectivity index (χ0v) is 11.3. The number of nitrogens with one attached hydrogen (secondary N) is 1. The minimum Gasteiger partial charge on any atom is -0.350 e. The van der Waals surface area contributed by atoms with Gasteiger partial charge in [-0.1, -0.05) is 0 Å². The van der Waals surface area contributed by atoms with Crippen molar-refractivity contribution in [2.45, 2.75) is 19.4 Å². The molecule has 1 amide bonds. The van der Waals surface area contributed by atoms with E-state index in [4.69, 9.17) is 5.73 Å². The Kier molecular flexibility index (Phi) is 4.26. The van der Waals surface area contributed by atoms with Gasteiger partial charge in [-0.15, -0.1) is 0 Å². The molecule has 3 nitrogen and oxygen atoms in total. The van der Waals surface area contributed by atoms with Crippen LogP contribution < -0.4 is 11.1 Å². The van der Waals surface area contributed by atoms with Crippen molar-refractivity contribution in [3.8, 4) is 0 Å². The highest BCUT2D eigenvalue weighted by Gasteiger charge is 2.15. The first-order valence-electron chi connectivity index (χ1n) is 4.82. The molecule has 0 aliphatic carbocycles. The molecule has 0 heterocycles. The van der Waals surface area contributed by atoms with Crippen LogP contribution in [0.25, 0.3) is 0 Å². The van der Waals surface area contributed by atoms with Crippen molar-refractivity contribution in [3.63, 3.8) is 0 Å². The Morgan fingerprint density at radius 2 is 2.19 bits per heavy atom. The van der Waals surface area contributed by atoms with Crippen LogP contribution in [0.5, 0.6) is 0 Å². The molecule has 0 fully saturated rings. The summed E-state index contributed by atoms with van der Waals surface area (Å²) in [5.74, 6) is -0.581. The molecule has 88 valence electrons. The second-order valence-electron chi connectivity index (χ2n) is 4.30. The third-order valence-corrected chi connectivity index (χ3v) is 2.77. The Morgan fingerprint density at radius 1 is 1.56 bits per heavy atom. The van der Waals surface area contributed by atoms with Crippen molar-refractivity contribution in [1.82, 2.24) is 5.32 Å².